The number of methoxy groups -OCH3 is 1. The number of hydrogen-bond donors (Lipinski definition) is 2. The summed E-state index contributed by atoms with van der Waals surface area (Å²) in [5.74, 6) is 1.75. The molecule has 2 aliphatic heterocycles. The maximum Gasteiger partial charge on any atom is 0.251 e. The van der Waals surface area contributed by atoms with Gasteiger partial charge in [0.05, 0.1) is 7.11 Å². The fourth-order valence-electron chi connectivity index (χ4n) is 4.21. The van der Waals surface area contributed by atoms with Crippen molar-refractivity contribution < 1.29 is 23.8 Å². The molecule has 2 aromatic rings. The van der Waals surface area contributed by atoms with Gasteiger partial charge in [0.25, 0.3) is 5.91 Å². The SMILES string of the molecule is CCCC(=O)Nc1ccc(C(=O)NCc2c3c(c(OC)c4c2OCO4)CN(C)CC3)cc1. The van der Waals surface area contributed by atoms with Gasteiger partial charge in [-0.2, -0.15) is 0 Å². The monoisotopic (exact) mass is 439 g/mol. The summed E-state index contributed by atoms with van der Waals surface area (Å²) in [6.07, 6.45) is 2.10. The van der Waals surface area contributed by atoms with Crippen LogP contribution in [0.15, 0.2) is 24.3 Å². The Morgan fingerprint density at radius 1 is 1.12 bits per heavy atom. The number of fused-ring (bicyclic) bond motifs is 2. The van der Waals surface area contributed by atoms with Crippen LogP contribution in [0.3, 0.4) is 0 Å². The van der Waals surface area contributed by atoms with Crippen LogP contribution in [-0.4, -0.2) is 44.2 Å². The van der Waals surface area contributed by atoms with E-state index in [4.69, 9.17) is 14.2 Å². The number of likely N-dealkylation sites (N-methyl/N-ethyl adjacent to an activating group) is 1. The number of amides is 2. The van der Waals surface area contributed by atoms with E-state index in [1.165, 1.54) is 0 Å². The van der Waals surface area contributed by atoms with Gasteiger partial charge in [0.1, 0.15) is 0 Å². The zero-order valence-electron chi connectivity index (χ0n) is 18.7. The van der Waals surface area contributed by atoms with E-state index in [2.05, 4.69) is 22.6 Å². The molecule has 0 saturated carbocycles. The van der Waals surface area contributed by atoms with Crippen LogP contribution >= 0.6 is 0 Å². The summed E-state index contributed by atoms with van der Waals surface area (Å²) in [5.41, 5.74) is 4.38. The number of anilines is 1. The van der Waals surface area contributed by atoms with Crippen molar-refractivity contribution in [2.24, 2.45) is 0 Å². The molecule has 2 amide bonds. The topological polar surface area (TPSA) is 89.1 Å². The second-order valence-corrected chi connectivity index (χ2v) is 8.08. The molecule has 0 atom stereocenters. The molecule has 0 radical (unpaired) electrons. The lowest BCUT2D eigenvalue weighted by Crippen LogP contribution is -2.30. The van der Waals surface area contributed by atoms with Gasteiger partial charge in [-0.1, -0.05) is 6.92 Å². The second kappa shape index (κ2) is 9.48. The predicted molar refractivity (Wildman–Crippen MR) is 120 cm³/mol. The Labute approximate surface area is 187 Å². The molecule has 0 fully saturated rings. The highest BCUT2D eigenvalue weighted by molar-refractivity contribution is 5.95. The number of hydrogen-bond acceptors (Lipinski definition) is 6. The van der Waals surface area contributed by atoms with Gasteiger partial charge in [-0.3, -0.25) is 9.59 Å². The van der Waals surface area contributed by atoms with E-state index < -0.39 is 0 Å². The highest BCUT2D eigenvalue weighted by Gasteiger charge is 2.32. The molecular formula is C24H29N3O5. The van der Waals surface area contributed by atoms with Crippen molar-refractivity contribution >= 4 is 17.5 Å². The Morgan fingerprint density at radius 3 is 2.59 bits per heavy atom. The highest BCUT2D eigenvalue weighted by atomic mass is 16.7. The van der Waals surface area contributed by atoms with Crippen LogP contribution in [0.1, 0.15) is 46.8 Å². The van der Waals surface area contributed by atoms with Crippen molar-refractivity contribution in [2.75, 3.05) is 32.8 Å². The zero-order chi connectivity index (χ0) is 22.7. The van der Waals surface area contributed by atoms with Crippen LogP contribution in [0.2, 0.25) is 0 Å². The van der Waals surface area contributed by atoms with Crippen molar-refractivity contribution in [3.05, 3.63) is 46.5 Å². The normalized spacial score (nSPS) is 14.6. The number of ether oxygens (including phenoxy) is 3. The van der Waals surface area contributed by atoms with Gasteiger partial charge in [-0.25, -0.2) is 0 Å². The van der Waals surface area contributed by atoms with Crippen LogP contribution in [0, 0.1) is 0 Å². The number of benzene rings is 2. The fraction of sp³-hybridized carbons (Fsp3) is 0.417. The Balaban J connectivity index is 1.52. The molecule has 8 heteroatoms. The Hall–Kier alpha value is -3.26. The number of carbonyl (C=O) groups is 2. The Morgan fingerprint density at radius 2 is 1.88 bits per heavy atom. The lowest BCUT2D eigenvalue weighted by Gasteiger charge is -2.29. The minimum atomic E-state index is -0.193. The average molecular weight is 440 g/mol. The van der Waals surface area contributed by atoms with E-state index in [1.807, 2.05) is 6.92 Å². The van der Waals surface area contributed by atoms with E-state index in [0.29, 0.717) is 35.7 Å². The summed E-state index contributed by atoms with van der Waals surface area (Å²) in [7, 11) is 3.71. The van der Waals surface area contributed by atoms with Crippen molar-refractivity contribution in [1.29, 1.82) is 0 Å². The number of nitrogens with zero attached hydrogens (tertiary/aromatic N) is 1. The molecule has 2 aliphatic rings. The van der Waals surface area contributed by atoms with Crippen LogP contribution in [0.4, 0.5) is 5.69 Å². The smallest absolute Gasteiger partial charge is 0.251 e. The van der Waals surface area contributed by atoms with E-state index in [0.717, 1.165) is 48.4 Å². The van der Waals surface area contributed by atoms with Crippen LogP contribution in [0.5, 0.6) is 17.2 Å². The third-order valence-electron chi connectivity index (χ3n) is 5.81. The average Bonchev–Trinajstić information content (AvgIpc) is 3.26. The van der Waals surface area contributed by atoms with Crippen LogP contribution < -0.4 is 24.8 Å². The van der Waals surface area contributed by atoms with Gasteiger partial charge in [0, 0.05) is 48.4 Å². The Kier molecular flexibility index (Phi) is 6.50. The molecule has 0 bridgehead atoms. The summed E-state index contributed by atoms with van der Waals surface area (Å²) in [4.78, 5) is 26.8. The second-order valence-electron chi connectivity index (χ2n) is 8.08. The molecule has 32 heavy (non-hydrogen) atoms. The minimum absolute atomic E-state index is 0.0318. The van der Waals surface area contributed by atoms with Gasteiger partial charge in [0.2, 0.25) is 18.4 Å². The van der Waals surface area contributed by atoms with Gasteiger partial charge >= 0.3 is 0 Å². The van der Waals surface area contributed by atoms with Crippen molar-refractivity contribution in [3.8, 4) is 17.2 Å². The standard InChI is InChI=1S/C24H29N3O5/c1-4-5-20(28)26-16-8-6-15(7-9-16)24(29)25-12-18-17-10-11-27(2)13-19(17)21(30-3)23-22(18)31-14-32-23/h6-9H,4-5,10-14H2,1-3H3,(H,25,29)(H,26,28). The largest absolute Gasteiger partial charge is 0.492 e. The molecule has 2 N–H and O–H groups in total. The van der Waals surface area contributed by atoms with Crippen molar-refractivity contribution in [2.45, 2.75) is 39.3 Å². The lowest BCUT2D eigenvalue weighted by atomic mass is 9.92. The molecule has 2 heterocycles. The minimum Gasteiger partial charge on any atom is -0.492 e. The van der Waals surface area contributed by atoms with E-state index in [-0.39, 0.29) is 18.6 Å². The molecule has 0 aliphatic carbocycles. The first-order valence-electron chi connectivity index (χ1n) is 10.9. The third kappa shape index (κ3) is 4.36. The summed E-state index contributed by atoms with van der Waals surface area (Å²) >= 11 is 0. The first kappa shape index (κ1) is 22.0. The predicted octanol–water partition coefficient (Wildman–Crippen LogP) is 3.08. The fourth-order valence-corrected chi connectivity index (χ4v) is 4.21. The molecule has 0 aromatic heterocycles. The summed E-state index contributed by atoms with van der Waals surface area (Å²) in [5, 5.41) is 5.83. The number of nitrogens with one attached hydrogen (secondary N) is 2. The van der Waals surface area contributed by atoms with Crippen molar-refractivity contribution in [3.63, 3.8) is 0 Å². The van der Waals surface area contributed by atoms with E-state index in [1.54, 1.807) is 31.4 Å². The molecule has 4 rings (SSSR count). The molecule has 0 spiro atoms. The summed E-state index contributed by atoms with van der Waals surface area (Å²) < 4.78 is 17.1. The first-order valence-corrected chi connectivity index (χ1v) is 10.9. The lowest BCUT2D eigenvalue weighted by molar-refractivity contribution is -0.116. The molecule has 0 saturated heterocycles. The quantitative estimate of drug-likeness (QED) is 0.689. The Bertz CT molecular complexity index is 1020. The molecular weight excluding hydrogens is 410 g/mol. The highest BCUT2D eigenvalue weighted by Crippen LogP contribution is 2.49. The molecule has 8 nitrogen and oxygen atoms in total. The first-order chi connectivity index (χ1) is 15.5. The molecule has 2 aromatic carbocycles. The van der Waals surface area contributed by atoms with Crippen LogP contribution in [0.25, 0.3) is 0 Å². The summed E-state index contributed by atoms with van der Waals surface area (Å²) in [6, 6.07) is 6.89. The number of rotatable bonds is 7. The van der Waals surface area contributed by atoms with Gasteiger partial charge < -0.3 is 29.7 Å². The zero-order valence-corrected chi connectivity index (χ0v) is 18.7. The maximum absolute atomic E-state index is 12.8. The molecule has 0 unspecified atom stereocenters. The summed E-state index contributed by atoms with van der Waals surface area (Å²) in [6.45, 7) is 4.09. The molecule has 170 valence electrons. The van der Waals surface area contributed by atoms with E-state index in [9.17, 15) is 9.59 Å². The van der Waals surface area contributed by atoms with Gasteiger partial charge in [-0.15, -0.1) is 0 Å². The van der Waals surface area contributed by atoms with Gasteiger partial charge in [0.15, 0.2) is 11.5 Å². The number of carbonyl (C=O) groups excluding carboxylic acids is 2. The van der Waals surface area contributed by atoms with Crippen LogP contribution in [-0.2, 0) is 24.3 Å². The third-order valence-corrected chi connectivity index (χ3v) is 5.81. The van der Waals surface area contributed by atoms with Crippen molar-refractivity contribution in [1.82, 2.24) is 10.2 Å². The maximum atomic E-state index is 12.8. The van der Waals surface area contributed by atoms with Gasteiger partial charge in [-0.05, 0) is 49.7 Å². The van der Waals surface area contributed by atoms with E-state index >= 15 is 0 Å².